The van der Waals surface area contributed by atoms with Crippen molar-refractivity contribution >= 4 is 0 Å². The molecule has 2 atom stereocenters. The van der Waals surface area contributed by atoms with Gasteiger partial charge in [0.05, 0.1) is 25.9 Å². The molecular formula is C18H22FNO3. The third-order valence-electron chi connectivity index (χ3n) is 4.39. The Kier molecular flexibility index (Phi) is 4.80. The van der Waals surface area contributed by atoms with Crippen molar-refractivity contribution in [3.63, 3.8) is 0 Å². The zero-order valence-corrected chi connectivity index (χ0v) is 13.5. The molecule has 1 N–H and O–H groups in total. The molecule has 1 aliphatic rings. The van der Waals surface area contributed by atoms with Crippen LogP contribution >= 0.6 is 0 Å². The van der Waals surface area contributed by atoms with Crippen LogP contribution < -0.4 is 0 Å². The van der Waals surface area contributed by atoms with Crippen LogP contribution in [-0.2, 0) is 11.3 Å². The molecule has 1 saturated heterocycles. The van der Waals surface area contributed by atoms with Crippen LogP contribution in [0.4, 0.5) is 4.39 Å². The molecule has 2 unspecified atom stereocenters. The molecule has 0 radical (unpaired) electrons. The van der Waals surface area contributed by atoms with Gasteiger partial charge in [0.25, 0.3) is 0 Å². The predicted octanol–water partition coefficient (Wildman–Crippen LogP) is 2.98. The van der Waals surface area contributed by atoms with E-state index in [4.69, 9.17) is 9.15 Å². The summed E-state index contributed by atoms with van der Waals surface area (Å²) in [5.74, 6) is 1.28. The lowest BCUT2D eigenvalue weighted by atomic mass is 10.1. The van der Waals surface area contributed by atoms with Crippen LogP contribution in [0.5, 0.6) is 0 Å². The summed E-state index contributed by atoms with van der Waals surface area (Å²) in [6, 6.07) is 9.08. The maximum absolute atomic E-state index is 13.7. The smallest absolute Gasteiger partial charge is 0.134 e. The van der Waals surface area contributed by atoms with Crippen molar-refractivity contribution < 1.29 is 18.7 Å². The van der Waals surface area contributed by atoms with E-state index >= 15 is 0 Å². The molecule has 124 valence electrons. The van der Waals surface area contributed by atoms with Gasteiger partial charge in [-0.3, -0.25) is 4.90 Å². The minimum atomic E-state index is -0.229. The van der Waals surface area contributed by atoms with Gasteiger partial charge in [-0.05, 0) is 37.6 Å². The van der Waals surface area contributed by atoms with Crippen molar-refractivity contribution in [1.29, 1.82) is 0 Å². The van der Waals surface area contributed by atoms with Crippen molar-refractivity contribution in [1.82, 2.24) is 4.90 Å². The Morgan fingerprint density at radius 2 is 2.13 bits per heavy atom. The van der Waals surface area contributed by atoms with E-state index in [-0.39, 0.29) is 24.6 Å². The molecule has 5 heteroatoms. The molecule has 2 heterocycles. The van der Waals surface area contributed by atoms with Crippen molar-refractivity contribution in [2.24, 2.45) is 0 Å². The van der Waals surface area contributed by atoms with Crippen molar-refractivity contribution in [3.05, 3.63) is 47.5 Å². The summed E-state index contributed by atoms with van der Waals surface area (Å²) in [5.41, 5.74) is 1.37. The number of aliphatic hydroxyl groups excluding tert-OH is 1. The van der Waals surface area contributed by atoms with Gasteiger partial charge < -0.3 is 14.3 Å². The number of benzene rings is 1. The van der Waals surface area contributed by atoms with Gasteiger partial charge in [-0.1, -0.05) is 12.1 Å². The molecule has 0 aliphatic carbocycles. The number of aliphatic hydroxyl groups is 1. The number of rotatable bonds is 4. The molecule has 1 aromatic carbocycles. The van der Waals surface area contributed by atoms with Gasteiger partial charge in [-0.2, -0.15) is 0 Å². The number of morpholine rings is 1. The van der Waals surface area contributed by atoms with E-state index in [2.05, 4.69) is 11.8 Å². The summed E-state index contributed by atoms with van der Waals surface area (Å²) in [6.07, 6.45) is -0.147. The molecule has 3 rings (SSSR count). The van der Waals surface area contributed by atoms with E-state index < -0.39 is 0 Å². The third kappa shape index (κ3) is 3.47. The van der Waals surface area contributed by atoms with Crippen LogP contribution in [0, 0.1) is 12.7 Å². The predicted molar refractivity (Wildman–Crippen MR) is 85.5 cm³/mol. The molecule has 0 saturated carbocycles. The number of furan rings is 1. The molecule has 1 aliphatic heterocycles. The largest absolute Gasteiger partial charge is 0.460 e. The molecule has 0 spiro atoms. The Morgan fingerprint density at radius 1 is 1.30 bits per heavy atom. The molecule has 4 nitrogen and oxygen atoms in total. The summed E-state index contributed by atoms with van der Waals surface area (Å²) in [5, 5.41) is 9.26. The van der Waals surface area contributed by atoms with Gasteiger partial charge in [-0.25, -0.2) is 4.39 Å². The second-order valence-electron chi connectivity index (χ2n) is 6.09. The lowest BCUT2D eigenvalue weighted by Crippen LogP contribution is -2.48. The fraction of sp³-hybridized carbons (Fsp3) is 0.444. The number of ether oxygens (including phenoxy) is 1. The van der Waals surface area contributed by atoms with Crippen LogP contribution in [0.25, 0.3) is 11.3 Å². The van der Waals surface area contributed by atoms with Crippen molar-refractivity contribution in [2.45, 2.75) is 32.5 Å². The zero-order chi connectivity index (χ0) is 16.4. The van der Waals surface area contributed by atoms with Crippen LogP contribution in [0.1, 0.15) is 18.2 Å². The van der Waals surface area contributed by atoms with E-state index in [1.165, 1.54) is 6.07 Å². The Balaban J connectivity index is 1.75. The second-order valence-corrected chi connectivity index (χ2v) is 6.09. The summed E-state index contributed by atoms with van der Waals surface area (Å²) in [4.78, 5) is 2.23. The highest BCUT2D eigenvalue weighted by Gasteiger charge is 2.26. The first kappa shape index (κ1) is 16.2. The highest BCUT2D eigenvalue weighted by molar-refractivity contribution is 5.62. The summed E-state index contributed by atoms with van der Waals surface area (Å²) in [6.45, 7) is 5.79. The van der Waals surface area contributed by atoms with Crippen LogP contribution in [0.3, 0.4) is 0 Å². The van der Waals surface area contributed by atoms with Gasteiger partial charge in [0, 0.05) is 18.2 Å². The Morgan fingerprint density at radius 3 is 2.91 bits per heavy atom. The van der Waals surface area contributed by atoms with Crippen LogP contribution in [0.15, 0.2) is 34.7 Å². The molecule has 1 fully saturated rings. The minimum absolute atomic E-state index is 0.0229. The number of hydrogen-bond acceptors (Lipinski definition) is 4. The van der Waals surface area contributed by atoms with E-state index in [1.807, 2.05) is 18.2 Å². The Hall–Kier alpha value is -1.69. The zero-order valence-electron chi connectivity index (χ0n) is 13.5. The van der Waals surface area contributed by atoms with Gasteiger partial charge in [0.2, 0.25) is 0 Å². The first-order valence-electron chi connectivity index (χ1n) is 7.89. The lowest BCUT2D eigenvalue weighted by Gasteiger charge is -2.36. The normalized spacial score (nSPS) is 22.4. The quantitative estimate of drug-likeness (QED) is 0.941. The second kappa shape index (κ2) is 6.83. The molecule has 0 amide bonds. The summed E-state index contributed by atoms with van der Waals surface area (Å²) >= 11 is 0. The standard InChI is InChI=1S/C18H22FNO3/c1-12-11-22-15(10-21)9-20(12)8-14-6-7-18(23-14)16-4-3-5-17(19)13(16)2/h3-7,12,15,21H,8-11H2,1-2H3. The molecule has 23 heavy (non-hydrogen) atoms. The first-order valence-corrected chi connectivity index (χ1v) is 7.89. The van der Waals surface area contributed by atoms with Crippen molar-refractivity contribution in [2.75, 3.05) is 19.8 Å². The van der Waals surface area contributed by atoms with Crippen molar-refractivity contribution in [3.8, 4) is 11.3 Å². The maximum Gasteiger partial charge on any atom is 0.134 e. The number of nitrogens with zero attached hydrogens (tertiary/aromatic N) is 1. The van der Waals surface area contributed by atoms with E-state index in [0.29, 0.717) is 31.0 Å². The maximum atomic E-state index is 13.7. The van der Waals surface area contributed by atoms with E-state index in [9.17, 15) is 9.50 Å². The average molecular weight is 319 g/mol. The van der Waals surface area contributed by atoms with E-state index in [1.54, 1.807) is 13.0 Å². The Labute approximate surface area is 135 Å². The molecule has 1 aromatic heterocycles. The molecular weight excluding hydrogens is 297 g/mol. The Bertz CT molecular complexity index is 670. The molecule has 0 bridgehead atoms. The monoisotopic (exact) mass is 319 g/mol. The highest BCUT2D eigenvalue weighted by Crippen LogP contribution is 2.28. The van der Waals surface area contributed by atoms with Gasteiger partial charge in [0.1, 0.15) is 17.3 Å². The van der Waals surface area contributed by atoms with E-state index in [0.717, 1.165) is 11.3 Å². The lowest BCUT2D eigenvalue weighted by molar-refractivity contribution is -0.0819. The topological polar surface area (TPSA) is 45.8 Å². The fourth-order valence-corrected chi connectivity index (χ4v) is 2.89. The SMILES string of the molecule is Cc1c(F)cccc1-c1ccc(CN2CC(CO)OCC2C)o1. The number of halogens is 1. The summed E-state index contributed by atoms with van der Waals surface area (Å²) in [7, 11) is 0. The minimum Gasteiger partial charge on any atom is -0.460 e. The van der Waals surface area contributed by atoms with Gasteiger partial charge in [0.15, 0.2) is 0 Å². The van der Waals surface area contributed by atoms with Gasteiger partial charge in [-0.15, -0.1) is 0 Å². The fourth-order valence-electron chi connectivity index (χ4n) is 2.89. The van der Waals surface area contributed by atoms with Gasteiger partial charge >= 0.3 is 0 Å². The molecule has 2 aromatic rings. The highest BCUT2D eigenvalue weighted by atomic mass is 19.1. The number of hydrogen-bond donors (Lipinski definition) is 1. The summed E-state index contributed by atoms with van der Waals surface area (Å²) < 4.78 is 25.2. The average Bonchev–Trinajstić information content (AvgIpc) is 3.00. The first-order chi connectivity index (χ1) is 11.1. The third-order valence-corrected chi connectivity index (χ3v) is 4.39. The van der Waals surface area contributed by atoms with Crippen LogP contribution in [0.2, 0.25) is 0 Å². The van der Waals surface area contributed by atoms with Crippen LogP contribution in [-0.4, -0.2) is 41.9 Å².